The first-order valence-corrected chi connectivity index (χ1v) is 6.88. The molecule has 0 fully saturated rings. The summed E-state index contributed by atoms with van der Waals surface area (Å²) in [6, 6.07) is 13.2. The monoisotopic (exact) mass is 286 g/mol. The van der Waals surface area contributed by atoms with E-state index < -0.39 is 6.10 Å². The fourth-order valence-electron chi connectivity index (χ4n) is 2.67. The maximum atomic E-state index is 10.4. The van der Waals surface area contributed by atoms with Gasteiger partial charge in [-0.3, -0.25) is 0 Å². The minimum absolute atomic E-state index is 0.240. The van der Waals surface area contributed by atoms with Crippen molar-refractivity contribution >= 4 is 0 Å². The molecule has 4 nitrogen and oxygen atoms in total. The van der Waals surface area contributed by atoms with E-state index in [-0.39, 0.29) is 6.10 Å². The topological polar surface area (TPSA) is 47.9 Å². The number of ether oxygens (including phenoxy) is 3. The Morgan fingerprint density at radius 1 is 1.05 bits per heavy atom. The van der Waals surface area contributed by atoms with Crippen LogP contribution in [0.1, 0.15) is 29.8 Å². The van der Waals surface area contributed by atoms with Crippen LogP contribution in [-0.4, -0.2) is 19.3 Å². The molecule has 21 heavy (non-hydrogen) atoms. The molecule has 1 aliphatic heterocycles. The Bertz CT molecular complexity index is 638. The number of para-hydroxylation sites is 1. The normalized spacial score (nSPS) is 20.3. The zero-order valence-electron chi connectivity index (χ0n) is 12.1. The van der Waals surface area contributed by atoms with E-state index in [2.05, 4.69) is 0 Å². The number of benzene rings is 2. The molecule has 3 rings (SSSR count). The molecule has 110 valence electrons. The van der Waals surface area contributed by atoms with Crippen LogP contribution in [0.25, 0.3) is 0 Å². The van der Waals surface area contributed by atoms with Gasteiger partial charge in [-0.25, -0.2) is 0 Å². The summed E-state index contributed by atoms with van der Waals surface area (Å²) >= 11 is 0. The highest BCUT2D eigenvalue weighted by Crippen LogP contribution is 2.44. The number of fused-ring (bicyclic) bond motifs is 1. The van der Waals surface area contributed by atoms with Gasteiger partial charge in [-0.05, 0) is 18.2 Å². The number of methoxy groups -OCH3 is 2. The first-order valence-electron chi connectivity index (χ1n) is 6.88. The average molecular weight is 286 g/mol. The Labute approximate surface area is 123 Å². The molecule has 0 saturated heterocycles. The summed E-state index contributed by atoms with van der Waals surface area (Å²) in [5.41, 5.74) is 1.73. The van der Waals surface area contributed by atoms with Crippen LogP contribution in [-0.2, 0) is 0 Å². The minimum atomic E-state index is -0.561. The van der Waals surface area contributed by atoms with Crippen LogP contribution in [0, 0.1) is 0 Å². The van der Waals surface area contributed by atoms with Crippen LogP contribution >= 0.6 is 0 Å². The second kappa shape index (κ2) is 5.66. The van der Waals surface area contributed by atoms with Crippen LogP contribution in [0.15, 0.2) is 42.5 Å². The highest BCUT2D eigenvalue weighted by Gasteiger charge is 2.29. The van der Waals surface area contributed by atoms with Gasteiger partial charge in [-0.1, -0.05) is 18.2 Å². The molecule has 2 atom stereocenters. The van der Waals surface area contributed by atoms with Gasteiger partial charge in [0.2, 0.25) is 0 Å². The van der Waals surface area contributed by atoms with Crippen LogP contribution in [0.4, 0.5) is 0 Å². The molecule has 0 aliphatic carbocycles. The second-order valence-corrected chi connectivity index (χ2v) is 5.00. The van der Waals surface area contributed by atoms with Crippen LogP contribution in [0.2, 0.25) is 0 Å². The second-order valence-electron chi connectivity index (χ2n) is 5.00. The molecule has 1 heterocycles. The quantitative estimate of drug-likeness (QED) is 0.941. The SMILES string of the molecule is COc1ccc2c(c1)OC(c1ccccc1OC)C[C@@H]2O. The zero-order valence-corrected chi connectivity index (χ0v) is 12.1. The van der Waals surface area contributed by atoms with Crippen molar-refractivity contribution in [3.8, 4) is 17.2 Å². The Morgan fingerprint density at radius 2 is 1.86 bits per heavy atom. The first-order chi connectivity index (χ1) is 10.2. The van der Waals surface area contributed by atoms with Gasteiger partial charge < -0.3 is 19.3 Å². The lowest BCUT2D eigenvalue weighted by molar-refractivity contribution is 0.0643. The van der Waals surface area contributed by atoms with Crippen molar-refractivity contribution in [1.82, 2.24) is 0 Å². The first kappa shape index (κ1) is 13.8. The molecule has 0 spiro atoms. The van der Waals surface area contributed by atoms with Gasteiger partial charge in [0.1, 0.15) is 23.4 Å². The summed E-state index contributed by atoms with van der Waals surface area (Å²) < 4.78 is 16.6. The summed E-state index contributed by atoms with van der Waals surface area (Å²) in [6.45, 7) is 0. The van der Waals surface area contributed by atoms with Gasteiger partial charge in [0, 0.05) is 23.6 Å². The molecule has 2 aromatic carbocycles. The van der Waals surface area contributed by atoms with Crippen molar-refractivity contribution in [3.63, 3.8) is 0 Å². The third-order valence-electron chi connectivity index (χ3n) is 3.77. The van der Waals surface area contributed by atoms with E-state index in [1.54, 1.807) is 20.3 Å². The van der Waals surface area contributed by atoms with E-state index in [9.17, 15) is 5.11 Å². The summed E-state index contributed by atoms with van der Waals surface area (Å²) in [7, 11) is 3.24. The van der Waals surface area contributed by atoms with Gasteiger partial charge in [0.15, 0.2) is 0 Å². The predicted octanol–water partition coefficient (Wildman–Crippen LogP) is 3.26. The molecular formula is C17H18O4. The number of aliphatic hydroxyl groups excluding tert-OH is 1. The highest BCUT2D eigenvalue weighted by atomic mass is 16.5. The van der Waals surface area contributed by atoms with Gasteiger partial charge in [0.25, 0.3) is 0 Å². The maximum Gasteiger partial charge on any atom is 0.130 e. The highest BCUT2D eigenvalue weighted by molar-refractivity contribution is 5.45. The maximum absolute atomic E-state index is 10.4. The van der Waals surface area contributed by atoms with Crippen LogP contribution in [0.5, 0.6) is 17.2 Å². The molecule has 1 aliphatic rings. The zero-order chi connectivity index (χ0) is 14.8. The molecule has 2 aromatic rings. The summed E-state index contributed by atoms with van der Waals surface area (Å²) in [5, 5.41) is 10.4. The third kappa shape index (κ3) is 2.54. The van der Waals surface area contributed by atoms with Gasteiger partial charge >= 0.3 is 0 Å². The van der Waals surface area contributed by atoms with Crippen LogP contribution in [0.3, 0.4) is 0 Å². The van der Waals surface area contributed by atoms with Crippen molar-refractivity contribution < 1.29 is 19.3 Å². The molecule has 0 radical (unpaired) electrons. The molecule has 1 unspecified atom stereocenters. The lowest BCUT2D eigenvalue weighted by Gasteiger charge is -2.30. The largest absolute Gasteiger partial charge is 0.497 e. The van der Waals surface area contributed by atoms with E-state index >= 15 is 0 Å². The fraction of sp³-hybridized carbons (Fsp3) is 0.294. The van der Waals surface area contributed by atoms with E-state index in [0.29, 0.717) is 17.9 Å². The van der Waals surface area contributed by atoms with Gasteiger partial charge in [0.05, 0.1) is 20.3 Å². The summed E-state index contributed by atoms with van der Waals surface area (Å²) in [6.07, 6.45) is -0.301. The van der Waals surface area contributed by atoms with Crippen molar-refractivity contribution in [3.05, 3.63) is 53.6 Å². The van der Waals surface area contributed by atoms with Gasteiger partial charge in [-0.2, -0.15) is 0 Å². The molecular weight excluding hydrogens is 268 g/mol. The minimum Gasteiger partial charge on any atom is -0.497 e. The lowest BCUT2D eigenvalue weighted by Crippen LogP contribution is -2.19. The van der Waals surface area contributed by atoms with E-state index in [4.69, 9.17) is 14.2 Å². The molecule has 0 aromatic heterocycles. The lowest BCUT2D eigenvalue weighted by atomic mass is 9.94. The Morgan fingerprint density at radius 3 is 2.62 bits per heavy atom. The standard InChI is InChI=1S/C17H18O4/c1-19-11-7-8-12-14(18)10-17(21-16(12)9-11)13-5-3-4-6-15(13)20-2/h3-9,14,17-18H,10H2,1-2H3/t14-,17?/m0/s1. The molecule has 1 N–H and O–H groups in total. The van der Waals surface area contributed by atoms with E-state index in [1.807, 2.05) is 36.4 Å². The number of hydrogen-bond acceptors (Lipinski definition) is 4. The Balaban J connectivity index is 1.97. The van der Waals surface area contributed by atoms with E-state index in [0.717, 1.165) is 16.9 Å². The fourth-order valence-corrected chi connectivity index (χ4v) is 2.67. The molecule has 0 amide bonds. The summed E-state index contributed by atoms with van der Waals surface area (Å²) in [5.74, 6) is 2.13. The van der Waals surface area contributed by atoms with Crippen molar-refractivity contribution in [2.75, 3.05) is 14.2 Å². The van der Waals surface area contributed by atoms with E-state index in [1.165, 1.54) is 0 Å². The van der Waals surface area contributed by atoms with Crippen LogP contribution < -0.4 is 14.2 Å². The van der Waals surface area contributed by atoms with Crippen molar-refractivity contribution in [1.29, 1.82) is 0 Å². The number of rotatable bonds is 3. The number of hydrogen-bond donors (Lipinski definition) is 1. The average Bonchev–Trinajstić information content (AvgIpc) is 2.54. The molecule has 0 bridgehead atoms. The third-order valence-corrected chi connectivity index (χ3v) is 3.77. The molecule has 4 heteroatoms. The summed E-state index contributed by atoms with van der Waals surface area (Å²) in [4.78, 5) is 0. The van der Waals surface area contributed by atoms with Crippen molar-refractivity contribution in [2.24, 2.45) is 0 Å². The van der Waals surface area contributed by atoms with Gasteiger partial charge in [-0.15, -0.1) is 0 Å². The number of aliphatic hydroxyl groups is 1. The molecule has 0 saturated carbocycles. The van der Waals surface area contributed by atoms with Crippen molar-refractivity contribution in [2.45, 2.75) is 18.6 Å². The Hall–Kier alpha value is -2.20. The predicted molar refractivity (Wildman–Crippen MR) is 78.9 cm³/mol. The smallest absolute Gasteiger partial charge is 0.130 e. The Kier molecular flexibility index (Phi) is 3.71.